The van der Waals surface area contributed by atoms with E-state index in [1.807, 2.05) is 23.5 Å². The number of fused-ring (bicyclic) bond motifs is 8. The summed E-state index contributed by atoms with van der Waals surface area (Å²) in [7, 11) is 0. The van der Waals surface area contributed by atoms with Crippen LogP contribution in [0.5, 0.6) is 0 Å². The van der Waals surface area contributed by atoms with E-state index in [0.29, 0.717) is 0 Å². The molecule has 232 valence electrons. The summed E-state index contributed by atoms with van der Waals surface area (Å²) in [6.45, 7) is 7.89. The number of hydrogen-bond donors (Lipinski definition) is 1. The Hall–Kier alpha value is -6.16. The van der Waals surface area contributed by atoms with Gasteiger partial charge in [0.2, 0.25) is 0 Å². The summed E-state index contributed by atoms with van der Waals surface area (Å²) < 4.78 is 2.55. The quantitative estimate of drug-likeness (QED) is 0.174. The minimum absolute atomic E-state index is 1.06. The van der Waals surface area contributed by atoms with Crippen molar-refractivity contribution in [3.05, 3.63) is 176 Å². The fourth-order valence-corrected chi connectivity index (χ4v) is 8.36. The molecule has 0 radical (unpaired) electrons. The SMILES string of the molecule is C=Cc1ccc(Nc2ccc3c(c2)sc2c4ccccc4c(N(c4ccc(C=C)cc4)c4cc5ccccc5c5ccccc45)cc32)cc1. The molecule has 8 aromatic carbocycles. The molecular weight excluding hydrogens is 613 g/mol. The van der Waals surface area contributed by atoms with Gasteiger partial charge in [-0.1, -0.05) is 128 Å². The summed E-state index contributed by atoms with van der Waals surface area (Å²) in [6, 6.07) is 54.9. The Morgan fingerprint density at radius 1 is 0.469 bits per heavy atom. The van der Waals surface area contributed by atoms with Gasteiger partial charge in [-0.25, -0.2) is 0 Å². The number of nitrogens with zero attached hydrogens (tertiary/aromatic N) is 1. The van der Waals surface area contributed by atoms with Crippen molar-refractivity contribution in [3.63, 3.8) is 0 Å². The first-order valence-corrected chi connectivity index (χ1v) is 17.3. The largest absolute Gasteiger partial charge is 0.355 e. The minimum Gasteiger partial charge on any atom is -0.355 e. The molecule has 0 spiro atoms. The summed E-state index contributed by atoms with van der Waals surface area (Å²) in [6.07, 6.45) is 3.77. The van der Waals surface area contributed by atoms with Gasteiger partial charge in [0.1, 0.15) is 0 Å². The summed E-state index contributed by atoms with van der Waals surface area (Å²) in [5.41, 5.74) is 7.73. The van der Waals surface area contributed by atoms with E-state index >= 15 is 0 Å². The van der Waals surface area contributed by atoms with Crippen molar-refractivity contribution in [1.29, 1.82) is 0 Å². The average molecular weight is 645 g/mol. The normalized spacial score (nSPS) is 11.4. The van der Waals surface area contributed by atoms with Gasteiger partial charge < -0.3 is 10.2 Å². The third-order valence-electron chi connectivity index (χ3n) is 9.51. The number of anilines is 5. The third-order valence-corrected chi connectivity index (χ3v) is 10.7. The number of rotatable bonds is 7. The van der Waals surface area contributed by atoms with E-state index in [0.717, 1.165) is 39.6 Å². The zero-order valence-electron chi connectivity index (χ0n) is 26.9. The monoisotopic (exact) mass is 644 g/mol. The Morgan fingerprint density at radius 2 is 1.04 bits per heavy atom. The van der Waals surface area contributed by atoms with E-state index in [1.165, 1.54) is 52.5 Å². The molecule has 0 unspecified atom stereocenters. The van der Waals surface area contributed by atoms with Gasteiger partial charge in [0.15, 0.2) is 0 Å². The van der Waals surface area contributed by atoms with Crippen LogP contribution in [0.2, 0.25) is 0 Å². The lowest BCUT2D eigenvalue weighted by Gasteiger charge is -2.29. The van der Waals surface area contributed by atoms with Crippen molar-refractivity contribution in [2.24, 2.45) is 0 Å². The predicted octanol–water partition coefficient (Wildman–Crippen LogP) is 14.0. The molecule has 0 aliphatic heterocycles. The molecule has 0 aliphatic rings. The molecule has 0 saturated carbocycles. The average Bonchev–Trinajstić information content (AvgIpc) is 3.53. The van der Waals surface area contributed by atoms with Crippen LogP contribution < -0.4 is 10.2 Å². The van der Waals surface area contributed by atoms with Crippen molar-refractivity contribution < 1.29 is 0 Å². The van der Waals surface area contributed by atoms with Crippen LogP contribution in [0.4, 0.5) is 28.4 Å². The Kier molecular flexibility index (Phi) is 7.00. The number of benzene rings is 8. The molecule has 0 bridgehead atoms. The van der Waals surface area contributed by atoms with Crippen LogP contribution >= 0.6 is 11.3 Å². The molecule has 2 nitrogen and oxygen atoms in total. The molecule has 1 aromatic heterocycles. The fraction of sp³-hybridized carbons (Fsp3) is 0. The van der Waals surface area contributed by atoms with Gasteiger partial charge in [-0.15, -0.1) is 11.3 Å². The van der Waals surface area contributed by atoms with Crippen LogP contribution in [0, 0.1) is 0 Å². The second-order valence-electron chi connectivity index (χ2n) is 12.4. The van der Waals surface area contributed by atoms with Gasteiger partial charge in [0, 0.05) is 53.4 Å². The first-order chi connectivity index (χ1) is 24.2. The highest BCUT2D eigenvalue weighted by Crippen LogP contribution is 2.48. The highest BCUT2D eigenvalue weighted by atomic mass is 32.1. The van der Waals surface area contributed by atoms with Gasteiger partial charge in [-0.3, -0.25) is 0 Å². The van der Waals surface area contributed by atoms with Gasteiger partial charge in [0.05, 0.1) is 11.4 Å². The van der Waals surface area contributed by atoms with Crippen molar-refractivity contribution in [3.8, 4) is 0 Å². The smallest absolute Gasteiger partial charge is 0.0547 e. The van der Waals surface area contributed by atoms with E-state index in [2.05, 4.69) is 175 Å². The lowest BCUT2D eigenvalue weighted by molar-refractivity contribution is 1.32. The standard InChI is InChI=1S/C46H32N2S/c1-3-30-17-21-33(22-18-30)47-34-23-26-40-42-29-44(39-15-9-10-16-41(39)46(42)49-45(40)28-34)48(35-24-19-31(4-2)20-25-35)43-27-32-11-5-6-12-36(32)37-13-7-8-14-38(37)43/h3-29,47H,1-2H2. The Balaban J connectivity index is 1.30. The van der Waals surface area contributed by atoms with Crippen LogP contribution in [-0.2, 0) is 0 Å². The number of nitrogens with one attached hydrogen (secondary N) is 1. The molecule has 3 heteroatoms. The third kappa shape index (κ3) is 4.95. The Labute approximate surface area is 289 Å². The molecular formula is C46H32N2S. The van der Waals surface area contributed by atoms with Crippen molar-refractivity contribution in [2.45, 2.75) is 0 Å². The van der Waals surface area contributed by atoms with Crippen LogP contribution in [-0.4, -0.2) is 0 Å². The molecule has 0 fully saturated rings. The molecule has 0 amide bonds. The van der Waals surface area contributed by atoms with Gasteiger partial charge in [-0.2, -0.15) is 0 Å². The lowest BCUT2D eigenvalue weighted by atomic mass is 9.97. The van der Waals surface area contributed by atoms with E-state index in [-0.39, 0.29) is 0 Å². The maximum Gasteiger partial charge on any atom is 0.0547 e. The van der Waals surface area contributed by atoms with E-state index in [1.54, 1.807) is 0 Å². The molecule has 1 N–H and O–H groups in total. The first-order valence-electron chi connectivity index (χ1n) is 16.5. The minimum atomic E-state index is 1.06. The van der Waals surface area contributed by atoms with E-state index in [4.69, 9.17) is 0 Å². The summed E-state index contributed by atoms with van der Waals surface area (Å²) in [4.78, 5) is 2.45. The molecule has 9 aromatic rings. The molecule has 0 aliphatic carbocycles. The molecule has 0 atom stereocenters. The van der Waals surface area contributed by atoms with Crippen molar-refractivity contribution in [1.82, 2.24) is 0 Å². The second kappa shape index (κ2) is 11.8. The molecule has 1 heterocycles. The van der Waals surface area contributed by atoms with Crippen LogP contribution in [0.25, 0.3) is 64.6 Å². The zero-order valence-corrected chi connectivity index (χ0v) is 27.7. The van der Waals surface area contributed by atoms with Crippen molar-refractivity contribution >= 4 is 104 Å². The maximum absolute atomic E-state index is 4.01. The number of thiophene rings is 1. The fourth-order valence-electron chi connectivity index (χ4n) is 7.10. The van der Waals surface area contributed by atoms with E-state index in [9.17, 15) is 0 Å². The van der Waals surface area contributed by atoms with Gasteiger partial charge in [-0.05, 0) is 75.8 Å². The van der Waals surface area contributed by atoms with Crippen molar-refractivity contribution in [2.75, 3.05) is 10.2 Å². The second-order valence-corrected chi connectivity index (χ2v) is 13.4. The van der Waals surface area contributed by atoms with Crippen LogP contribution in [0.1, 0.15) is 11.1 Å². The van der Waals surface area contributed by atoms with Gasteiger partial charge in [0.25, 0.3) is 0 Å². The van der Waals surface area contributed by atoms with Gasteiger partial charge >= 0.3 is 0 Å². The van der Waals surface area contributed by atoms with Crippen LogP contribution in [0.15, 0.2) is 165 Å². The molecule has 49 heavy (non-hydrogen) atoms. The van der Waals surface area contributed by atoms with Crippen LogP contribution in [0.3, 0.4) is 0 Å². The molecule has 0 saturated heterocycles. The maximum atomic E-state index is 4.01. The Bertz CT molecular complexity index is 2720. The summed E-state index contributed by atoms with van der Waals surface area (Å²) in [5, 5.41) is 13.5. The lowest BCUT2D eigenvalue weighted by Crippen LogP contribution is -2.11. The topological polar surface area (TPSA) is 15.3 Å². The summed E-state index contributed by atoms with van der Waals surface area (Å²) >= 11 is 1.86. The highest BCUT2D eigenvalue weighted by molar-refractivity contribution is 7.26. The Morgan fingerprint density at radius 3 is 1.76 bits per heavy atom. The molecule has 9 rings (SSSR count). The number of hydrogen-bond acceptors (Lipinski definition) is 3. The zero-order chi connectivity index (χ0) is 32.9. The predicted molar refractivity (Wildman–Crippen MR) is 216 cm³/mol. The van der Waals surface area contributed by atoms with E-state index < -0.39 is 0 Å². The summed E-state index contributed by atoms with van der Waals surface area (Å²) in [5.74, 6) is 0. The highest BCUT2D eigenvalue weighted by Gasteiger charge is 2.22. The first kappa shape index (κ1) is 29.0.